The van der Waals surface area contributed by atoms with Crippen molar-refractivity contribution in [3.8, 4) is 5.69 Å². The number of piperidine rings is 1. The minimum absolute atomic E-state index is 0.0588. The molecule has 152 valence electrons. The first-order chi connectivity index (χ1) is 13.8. The lowest BCUT2D eigenvalue weighted by Gasteiger charge is -2.37. The van der Waals surface area contributed by atoms with Crippen molar-refractivity contribution in [2.45, 2.75) is 51.3 Å². The van der Waals surface area contributed by atoms with Crippen molar-refractivity contribution in [2.24, 2.45) is 0 Å². The van der Waals surface area contributed by atoms with Gasteiger partial charge in [0.25, 0.3) is 5.91 Å². The lowest BCUT2D eigenvalue weighted by Crippen LogP contribution is -2.47. The van der Waals surface area contributed by atoms with Gasteiger partial charge in [-0.1, -0.05) is 0 Å². The Bertz CT molecular complexity index is 992. The highest BCUT2D eigenvalue weighted by Crippen LogP contribution is 2.28. The summed E-state index contributed by atoms with van der Waals surface area (Å²) in [6.07, 6.45) is 7.95. The second kappa shape index (κ2) is 7.36. The predicted molar refractivity (Wildman–Crippen MR) is 103 cm³/mol. The van der Waals surface area contributed by atoms with Crippen LogP contribution in [-0.4, -0.2) is 63.5 Å². The first-order valence-electron chi connectivity index (χ1n) is 9.62. The number of aliphatic hydroxyl groups is 1. The molecular formula is C19H24N8O2. The van der Waals surface area contributed by atoms with E-state index in [-0.39, 0.29) is 18.0 Å². The molecule has 1 amide bonds. The maximum absolute atomic E-state index is 13.4. The maximum atomic E-state index is 13.4. The van der Waals surface area contributed by atoms with Gasteiger partial charge in [0.05, 0.1) is 24.6 Å². The fourth-order valence-electron chi connectivity index (χ4n) is 3.49. The van der Waals surface area contributed by atoms with Gasteiger partial charge in [-0.05, 0) is 45.7 Å². The van der Waals surface area contributed by atoms with Crippen LogP contribution >= 0.6 is 0 Å². The second-order valence-electron chi connectivity index (χ2n) is 7.84. The topological polar surface area (TPSA) is 115 Å². The van der Waals surface area contributed by atoms with E-state index in [0.29, 0.717) is 23.6 Å². The number of likely N-dealkylation sites (tertiary alicyclic amines) is 1. The molecule has 1 aliphatic rings. The molecule has 0 bridgehead atoms. The Morgan fingerprint density at radius 3 is 2.62 bits per heavy atom. The van der Waals surface area contributed by atoms with Crippen molar-refractivity contribution in [3.63, 3.8) is 0 Å². The van der Waals surface area contributed by atoms with E-state index in [0.717, 1.165) is 12.8 Å². The van der Waals surface area contributed by atoms with Gasteiger partial charge in [0.15, 0.2) is 5.69 Å². The van der Waals surface area contributed by atoms with Crippen molar-refractivity contribution in [1.29, 1.82) is 0 Å². The summed E-state index contributed by atoms with van der Waals surface area (Å²) in [7, 11) is 0. The molecule has 0 radical (unpaired) electrons. The van der Waals surface area contributed by atoms with Crippen LogP contribution < -0.4 is 0 Å². The predicted octanol–water partition coefficient (Wildman–Crippen LogP) is 1.35. The summed E-state index contributed by atoms with van der Waals surface area (Å²) in [5.41, 5.74) is 0.293. The van der Waals surface area contributed by atoms with E-state index in [4.69, 9.17) is 0 Å². The van der Waals surface area contributed by atoms with Gasteiger partial charge >= 0.3 is 0 Å². The summed E-state index contributed by atoms with van der Waals surface area (Å²) in [5.74, 6) is -0.176. The molecule has 3 aromatic heterocycles. The smallest absolute Gasteiger partial charge is 0.275 e. The highest BCUT2D eigenvalue weighted by Gasteiger charge is 2.34. The van der Waals surface area contributed by atoms with Gasteiger partial charge in [-0.15, -0.1) is 4.80 Å². The third-order valence-corrected chi connectivity index (χ3v) is 5.20. The monoisotopic (exact) mass is 396 g/mol. The molecule has 2 atom stereocenters. The third kappa shape index (κ3) is 3.75. The zero-order valence-corrected chi connectivity index (χ0v) is 16.7. The number of aromatic nitrogens is 7. The summed E-state index contributed by atoms with van der Waals surface area (Å²) >= 11 is 0. The molecule has 29 heavy (non-hydrogen) atoms. The molecule has 4 heterocycles. The van der Waals surface area contributed by atoms with Gasteiger partial charge in [-0.2, -0.15) is 25.2 Å². The lowest BCUT2D eigenvalue weighted by molar-refractivity contribution is 0.0527. The molecule has 1 saturated heterocycles. The van der Waals surface area contributed by atoms with Crippen LogP contribution in [0, 0.1) is 0 Å². The fourth-order valence-corrected chi connectivity index (χ4v) is 3.49. The summed E-state index contributed by atoms with van der Waals surface area (Å²) in [5, 5.41) is 27.2. The van der Waals surface area contributed by atoms with Crippen LogP contribution in [0.4, 0.5) is 0 Å². The van der Waals surface area contributed by atoms with Crippen molar-refractivity contribution in [2.75, 3.05) is 6.54 Å². The van der Waals surface area contributed by atoms with Crippen LogP contribution in [0.1, 0.15) is 55.8 Å². The third-order valence-electron chi connectivity index (χ3n) is 5.20. The van der Waals surface area contributed by atoms with E-state index in [1.807, 2.05) is 6.92 Å². The first-order valence-corrected chi connectivity index (χ1v) is 9.62. The molecule has 0 aromatic carbocycles. The van der Waals surface area contributed by atoms with E-state index in [1.165, 1.54) is 4.80 Å². The standard InChI is InChI=1S/C19H24N8O2/c1-13-6-7-14(26-23-11-16(24-26)19(2,3)29)12-25(13)18(28)17-15(5-4-8-20-17)27-21-9-10-22-27/h4-5,8-11,13-14,29H,6-7,12H2,1-3H3/t13-,14-/m1/s1. The van der Waals surface area contributed by atoms with Crippen LogP contribution in [0.2, 0.25) is 0 Å². The molecule has 4 rings (SSSR count). The number of amides is 1. The minimum atomic E-state index is -1.06. The van der Waals surface area contributed by atoms with Crippen molar-refractivity contribution >= 4 is 5.91 Å². The van der Waals surface area contributed by atoms with Crippen LogP contribution in [0.3, 0.4) is 0 Å². The molecule has 3 aromatic rings. The number of carbonyl (C=O) groups is 1. The Hall–Kier alpha value is -3.14. The summed E-state index contributed by atoms with van der Waals surface area (Å²) in [4.78, 5) is 22.5. The highest BCUT2D eigenvalue weighted by atomic mass is 16.3. The molecule has 10 nitrogen and oxygen atoms in total. The van der Waals surface area contributed by atoms with Crippen molar-refractivity contribution in [3.05, 3.63) is 48.3 Å². The van der Waals surface area contributed by atoms with Crippen LogP contribution in [0.15, 0.2) is 36.9 Å². The second-order valence-corrected chi connectivity index (χ2v) is 7.84. The average Bonchev–Trinajstić information content (AvgIpc) is 3.40. The molecule has 0 spiro atoms. The van der Waals surface area contributed by atoms with Gasteiger partial charge in [0.1, 0.15) is 17.0 Å². The van der Waals surface area contributed by atoms with Crippen LogP contribution in [0.5, 0.6) is 0 Å². The van der Waals surface area contributed by atoms with Gasteiger partial charge in [0, 0.05) is 18.8 Å². The summed E-state index contributed by atoms with van der Waals surface area (Å²) in [6, 6.07) is 3.52. The molecule has 10 heteroatoms. The number of nitrogens with zero attached hydrogens (tertiary/aromatic N) is 8. The minimum Gasteiger partial charge on any atom is -0.384 e. The van der Waals surface area contributed by atoms with Gasteiger partial charge in [0.2, 0.25) is 0 Å². The average molecular weight is 396 g/mol. The SMILES string of the molecule is C[C@@H]1CC[C@@H](n2ncc(C(C)(C)O)n2)CN1C(=O)c1ncccc1-n1nccn1. The Kier molecular flexibility index (Phi) is 4.87. The van der Waals surface area contributed by atoms with E-state index >= 15 is 0 Å². The zero-order chi connectivity index (χ0) is 20.6. The molecule has 1 N–H and O–H groups in total. The van der Waals surface area contributed by atoms with Crippen LogP contribution in [0.25, 0.3) is 5.69 Å². The van der Waals surface area contributed by atoms with Crippen molar-refractivity contribution < 1.29 is 9.90 Å². The number of pyridine rings is 1. The van der Waals surface area contributed by atoms with Gasteiger partial charge < -0.3 is 10.0 Å². The number of hydrogen-bond acceptors (Lipinski definition) is 7. The lowest BCUT2D eigenvalue weighted by atomic mass is 9.99. The van der Waals surface area contributed by atoms with Gasteiger partial charge in [-0.3, -0.25) is 4.79 Å². The molecule has 0 saturated carbocycles. The zero-order valence-electron chi connectivity index (χ0n) is 16.7. The number of rotatable bonds is 4. The highest BCUT2D eigenvalue weighted by molar-refractivity contribution is 5.96. The van der Waals surface area contributed by atoms with E-state index < -0.39 is 5.60 Å². The van der Waals surface area contributed by atoms with E-state index in [2.05, 4.69) is 25.4 Å². The summed E-state index contributed by atoms with van der Waals surface area (Å²) < 4.78 is 0. The Labute approximate surface area is 168 Å². The van der Waals surface area contributed by atoms with Gasteiger partial charge in [-0.25, -0.2) is 4.98 Å². The molecule has 0 aliphatic carbocycles. The normalized spacial score (nSPS) is 20.1. The van der Waals surface area contributed by atoms with E-state index in [1.54, 1.807) is 60.5 Å². The molecule has 1 fully saturated rings. The maximum Gasteiger partial charge on any atom is 0.275 e. The Morgan fingerprint density at radius 1 is 1.17 bits per heavy atom. The van der Waals surface area contributed by atoms with Crippen molar-refractivity contribution in [1.82, 2.24) is 39.9 Å². The van der Waals surface area contributed by atoms with E-state index in [9.17, 15) is 9.90 Å². The van der Waals surface area contributed by atoms with Crippen LogP contribution in [-0.2, 0) is 5.60 Å². The Balaban J connectivity index is 1.60. The quantitative estimate of drug-likeness (QED) is 0.708. The summed E-state index contributed by atoms with van der Waals surface area (Å²) in [6.45, 7) is 5.84. The molecular weight excluding hydrogens is 372 g/mol. The molecule has 0 unspecified atom stereocenters. The number of hydrogen-bond donors (Lipinski definition) is 1. The Morgan fingerprint density at radius 2 is 1.93 bits per heavy atom. The number of carbonyl (C=O) groups excluding carboxylic acids is 1. The largest absolute Gasteiger partial charge is 0.384 e. The molecule has 1 aliphatic heterocycles. The fraction of sp³-hybridized carbons (Fsp3) is 0.474. The first kappa shape index (κ1) is 19.2.